The summed E-state index contributed by atoms with van der Waals surface area (Å²) in [6.07, 6.45) is 1.49. The maximum atomic E-state index is 11.5. The van der Waals surface area contributed by atoms with Gasteiger partial charge in [0.05, 0.1) is 12.6 Å². The van der Waals surface area contributed by atoms with Crippen LogP contribution in [0.4, 0.5) is 0 Å². The van der Waals surface area contributed by atoms with Gasteiger partial charge in [-0.25, -0.2) is 9.89 Å². The maximum Gasteiger partial charge on any atom is 0.343 e. The molecule has 0 bridgehead atoms. The average molecular weight is 242 g/mol. The molecule has 1 heterocycles. The zero-order chi connectivity index (χ0) is 13.0. The molecule has 0 saturated carbocycles. The monoisotopic (exact) mass is 242 g/mol. The standard InChI is InChI=1S/C13H14N4O/c1-10(17-9-15-16-13(17)18)12-6-2-4-11(8-12)5-3-7-14/h2,4,6,8-10H,7,14H2,1H3,(H,16,18). The fourth-order valence-corrected chi connectivity index (χ4v) is 1.72. The van der Waals surface area contributed by atoms with E-state index < -0.39 is 0 Å². The first kappa shape index (κ1) is 12.1. The third-order valence-electron chi connectivity index (χ3n) is 2.70. The van der Waals surface area contributed by atoms with Gasteiger partial charge in [0, 0.05) is 5.56 Å². The molecule has 0 aliphatic rings. The van der Waals surface area contributed by atoms with Crippen LogP contribution in [0, 0.1) is 11.8 Å². The van der Waals surface area contributed by atoms with Gasteiger partial charge in [-0.1, -0.05) is 24.0 Å². The van der Waals surface area contributed by atoms with Crippen molar-refractivity contribution in [1.29, 1.82) is 0 Å². The molecule has 0 radical (unpaired) electrons. The van der Waals surface area contributed by atoms with Crippen molar-refractivity contribution in [3.63, 3.8) is 0 Å². The van der Waals surface area contributed by atoms with E-state index in [2.05, 4.69) is 22.0 Å². The van der Waals surface area contributed by atoms with Crippen LogP contribution in [-0.2, 0) is 0 Å². The van der Waals surface area contributed by atoms with Gasteiger partial charge in [0.1, 0.15) is 6.33 Å². The molecule has 0 fully saturated rings. The van der Waals surface area contributed by atoms with Crippen LogP contribution < -0.4 is 11.4 Å². The van der Waals surface area contributed by atoms with Gasteiger partial charge >= 0.3 is 5.69 Å². The molecule has 1 atom stereocenters. The van der Waals surface area contributed by atoms with Gasteiger partial charge in [-0.2, -0.15) is 5.10 Å². The lowest BCUT2D eigenvalue weighted by atomic mass is 10.1. The molecule has 5 heteroatoms. The SMILES string of the molecule is CC(c1cccc(C#CCN)c1)n1cn[nH]c1=O. The number of hydrogen-bond acceptors (Lipinski definition) is 3. The zero-order valence-corrected chi connectivity index (χ0v) is 10.1. The topological polar surface area (TPSA) is 76.7 Å². The van der Waals surface area contributed by atoms with Crippen molar-refractivity contribution in [2.75, 3.05) is 6.54 Å². The van der Waals surface area contributed by atoms with Gasteiger partial charge in [-0.05, 0) is 24.6 Å². The number of nitrogens with zero attached hydrogens (tertiary/aromatic N) is 2. The summed E-state index contributed by atoms with van der Waals surface area (Å²) in [5.41, 5.74) is 7.01. The average Bonchev–Trinajstić information content (AvgIpc) is 2.82. The first-order valence-corrected chi connectivity index (χ1v) is 5.63. The molecule has 3 N–H and O–H groups in total. The molecule has 5 nitrogen and oxygen atoms in total. The summed E-state index contributed by atoms with van der Waals surface area (Å²) in [5.74, 6) is 5.78. The fraction of sp³-hybridized carbons (Fsp3) is 0.231. The number of nitrogens with one attached hydrogen (secondary N) is 1. The first-order valence-electron chi connectivity index (χ1n) is 5.63. The van der Waals surface area contributed by atoms with E-state index in [1.165, 1.54) is 10.9 Å². The zero-order valence-electron chi connectivity index (χ0n) is 10.1. The summed E-state index contributed by atoms with van der Waals surface area (Å²) >= 11 is 0. The molecule has 18 heavy (non-hydrogen) atoms. The van der Waals surface area contributed by atoms with E-state index in [1.54, 1.807) is 0 Å². The number of aromatic amines is 1. The smallest absolute Gasteiger partial charge is 0.320 e. The summed E-state index contributed by atoms with van der Waals surface area (Å²) in [6.45, 7) is 2.27. The summed E-state index contributed by atoms with van der Waals surface area (Å²) < 4.78 is 1.54. The molecule has 92 valence electrons. The Balaban J connectivity index is 2.34. The summed E-state index contributed by atoms with van der Waals surface area (Å²) in [4.78, 5) is 11.5. The van der Waals surface area contributed by atoms with E-state index in [0.717, 1.165) is 11.1 Å². The predicted octanol–water partition coefficient (Wildman–Crippen LogP) is 0.491. The Morgan fingerprint density at radius 2 is 2.39 bits per heavy atom. The van der Waals surface area contributed by atoms with Crippen molar-refractivity contribution < 1.29 is 0 Å². The first-order chi connectivity index (χ1) is 8.72. The van der Waals surface area contributed by atoms with Crippen LogP contribution in [0.3, 0.4) is 0 Å². The number of aromatic nitrogens is 3. The van der Waals surface area contributed by atoms with Crippen molar-refractivity contribution in [3.8, 4) is 11.8 Å². The second-order valence-electron chi connectivity index (χ2n) is 3.88. The molecule has 2 aromatic rings. The highest BCUT2D eigenvalue weighted by atomic mass is 16.1. The lowest BCUT2D eigenvalue weighted by Gasteiger charge is -2.11. The molecule has 1 aromatic heterocycles. The van der Waals surface area contributed by atoms with E-state index in [9.17, 15) is 4.79 Å². The molecule has 1 unspecified atom stereocenters. The summed E-state index contributed by atoms with van der Waals surface area (Å²) in [5, 5.41) is 6.10. The van der Waals surface area contributed by atoms with Crippen molar-refractivity contribution in [2.24, 2.45) is 5.73 Å². The Bertz CT molecular complexity index is 644. The Labute approximate surface area is 105 Å². The quantitative estimate of drug-likeness (QED) is 0.752. The van der Waals surface area contributed by atoms with Gasteiger partial charge in [0.25, 0.3) is 0 Å². The number of benzene rings is 1. The van der Waals surface area contributed by atoms with Crippen LogP contribution in [0.1, 0.15) is 24.1 Å². The second-order valence-corrected chi connectivity index (χ2v) is 3.88. The second kappa shape index (κ2) is 5.34. The molecule has 0 saturated heterocycles. The van der Waals surface area contributed by atoms with Gasteiger partial charge in [0.2, 0.25) is 0 Å². The van der Waals surface area contributed by atoms with Crippen molar-refractivity contribution in [2.45, 2.75) is 13.0 Å². The Kier molecular flexibility index (Phi) is 3.60. The molecule has 1 aromatic carbocycles. The number of H-pyrrole nitrogens is 1. The Morgan fingerprint density at radius 1 is 1.56 bits per heavy atom. The Hall–Kier alpha value is -2.32. The number of nitrogens with two attached hydrogens (primary N) is 1. The van der Waals surface area contributed by atoms with Crippen LogP contribution in [0.25, 0.3) is 0 Å². The lowest BCUT2D eigenvalue weighted by molar-refractivity contribution is 0.616. The van der Waals surface area contributed by atoms with Crippen LogP contribution >= 0.6 is 0 Å². The summed E-state index contributed by atoms with van der Waals surface area (Å²) in [7, 11) is 0. The van der Waals surface area contributed by atoms with Crippen molar-refractivity contribution in [1.82, 2.24) is 14.8 Å². The van der Waals surface area contributed by atoms with Crippen LogP contribution in [0.2, 0.25) is 0 Å². The molecular formula is C13H14N4O. The van der Waals surface area contributed by atoms with Gasteiger partial charge in [-0.15, -0.1) is 0 Å². The predicted molar refractivity (Wildman–Crippen MR) is 69.0 cm³/mol. The fourth-order valence-electron chi connectivity index (χ4n) is 1.72. The van der Waals surface area contributed by atoms with E-state index in [-0.39, 0.29) is 11.7 Å². The van der Waals surface area contributed by atoms with E-state index in [4.69, 9.17) is 5.73 Å². The highest BCUT2D eigenvalue weighted by molar-refractivity contribution is 5.38. The molecule has 0 aliphatic heterocycles. The normalized spacial score (nSPS) is 11.7. The molecule has 2 rings (SSSR count). The lowest BCUT2D eigenvalue weighted by Crippen LogP contribution is -2.20. The van der Waals surface area contributed by atoms with Crippen LogP contribution in [-0.4, -0.2) is 21.3 Å². The minimum Gasteiger partial charge on any atom is -0.320 e. The number of rotatable bonds is 2. The minimum absolute atomic E-state index is 0.0872. The van der Waals surface area contributed by atoms with Gasteiger partial charge < -0.3 is 5.73 Å². The van der Waals surface area contributed by atoms with Gasteiger partial charge in [0.15, 0.2) is 0 Å². The highest BCUT2D eigenvalue weighted by Gasteiger charge is 2.10. The van der Waals surface area contributed by atoms with E-state index in [0.29, 0.717) is 6.54 Å². The van der Waals surface area contributed by atoms with E-state index in [1.807, 2.05) is 31.2 Å². The molecule has 0 aliphatic carbocycles. The molecular weight excluding hydrogens is 228 g/mol. The van der Waals surface area contributed by atoms with Crippen molar-refractivity contribution >= 4 is 0 Å². The Morgan fingerprint density at radius 3 is 3.06 bits per heavy atom. The van der Waals surface area contributed by atoms with Gasteiger partial charge in [-0.3, -0.25) is 4.57 Å². The van der Waals surface area contributed by atoms with Crippen LogP contribution in [0.15, 0.2) is 35.4 Å². The highest BCUT2D eigenvalue weighted by Crippen LogP contribution is 2.16. The molecule has 0 amide bonds. The third kappa shape index (κ3) is 2.50. The minimum atomic E-state index is -0.221. The maximum absolute atomic E-state index is 11.5. The largest absolute Gasteiger partial charge is 0.343 e. The number of hydrogen-bond donors (Lipinski definition) is 2. The third-order valence-corrected chi connectivity index (χ3v) is 2.70. The van der Waals surface area contributed by atoms with E-state index >= 15 is 0 Å². The molecule has 0 spiro atoms. The van der Waals surface area contributed by atoms with Crippen LogP contribution in [0.5, 0.6) is 0 Å². The van der Waals surface area contributed by atoms with Crippen molar-refractivity contribution in [3.05, 3.63) is 52.2 Å². The summed E-state index contributed by atoms with van der Waals surface area (Å²) in [6, 6.07) is 7.65.